The van der Waals surface area contributed by atoms with Gasteiger partial charge in [0.1, 0.15) is 94.3 Å². The van der Waals surface area contributed by atoms with Crippen LogP contribution < -0.4 is 81.9 Å². The fraction of sp³-hybridized carbons (Fsp3) is 0.686. The Morgan fingerprint density at radius 1 is 0.331 bits per heavy atom. The molecule has 1 saturated heterocycles. The second kappa shape index (κ2) is 404. The van der Waals surface area contributed by atoms with Gasteiger partial charge in [-0.15, -0.1) is 0 Å². The zero-order chi connectivity index (χ0) is 100. The summed E-state index contributed by atoms with van der Waals surface area (Å²) < 4.78 is 0. The van der Waals surface area contributed by atoms with Crippen LogP contribution >= 0.6 is 0 Å². The number of aliphatic hydroxyl groups excluding tert-OH is 2. The Bertz CT molecular complexity index is 1310. The molecule has 2 aromatic carbocycles. The molecule has 1 aliphatic rings. The lowest BCUT2D eigenvalue weighted by Crippen LogP contribution is -2.52. The first-order valence-corrected chi connectivity index (χ1v) is 37.7. The van der Waals surface area contributed by atoms with Crippen LogP contribution in [0.5, 0.6) is 0 Å². The molecule has 118 heavy (non-hydrogen) atoms. The fourth-order valence-electron chi connectivity index (χ4n) is 3.64. The topological polar surface area (TPSA) is 695 Å². The Hall–Kier alpha value is -7.51. The first kappa shape index (κ1) is 239. The van der Waals surface area contributed by atoms with Crippen molar-refractivity contribution in [2.45, 2.75) is 284 Å². The molecule has 0 radical (unpaired) electrons. The minimum absolute atomic E-state index is 0. The minimum Gasteiger partial charge on any atom is -0.397 e. The van der Waals surface area contributed by atoms with Gasteiger partial charge in [-0.1, -0.05) is 272 Å². The lowest BCUT2D eigenvalue weighted by Gasteiger charge is -2.32. The highest BCUT2D eigenvalue weighted by atomic mass is 16.3. The number of likely N-dealkylation sites (tertiary alicyclic amines) is 1. The molecule has 2 amide bonds. The highest BCUT2D eigenvalue weighted by Crippen LogP contribution is 2.15. The van der Waals surface area contributed by atoms with E-state index in [2.05, 4.69) is 217 Å². The summed E-state index contributed by atoms with van der Waals surface area (Å²) in [6.07, 6.45) is 12.9. The van der Waals surface area contributed by atoms with Crippen LogP contribution in [0.25, 0.3) is 0 Å². The Morgan fingerprint density at radius 2 is 0.466 bits per heavy atom. The van der Waals surface area contributed by atoms with Crippen LogP contribution in [0, 0.1) is 35.5 Å². The fourth-order valence-corrected chi connectivity index (χ4v) is 3.64. The summed E-state index contributed by atoms with van der Waals surface area (Å²) in [5, 5.41) is 18.4. The molecule has 0 saturated carbocycles. The minimum atomic E-state index is -0.351. The second-order valence-electron chi connectivity index (χ2n) is 19.0. The van der Waals surface area contributed by atoms with Gasteiger partial charge >= 0.3 is 0 Å². The van der Waals surface area contributed by atoms with Crippen molar-refractivity contribution in [3.63, 3.8) is 0 Å². The van der Waals surface area contributed by atoms with Gasteiger partial charge in [0.25, 0.3) is 0 Å². The van der Waals surface area contributed by atoms with E-state index in [0.717, 1.165) is 74.8 Å². The van der Waals surface area contributed by atoms with Crippen LogP contribution in [-0.4, -0.2) is 203 Å². The summed E-state index contributed by atoms with van der Waals surface area (Å²) in [5.41, 5.74) is 38.8. The Balaban J connectivity index is -0.0000000179. The predicted molar refractivity (Wildman–Crippen MR) is 528 cm³/mol. The molecule has 0 aliphatic carbocycles. The highest BCUT2D eigenvalue weighted by molar-refractivity contribution is 5.87. The van der Waals surface area contributed by atoms with Crippen LogP contribution in [0.4, 0.5) is 0 Å². The second-order valence-corrected chi connectivity index (χ2v) is 19.0. The van der Waals surface area contributed by atoms with E-state index in [1.54, 1.807) is 20.8 Å². The number of benzene rings is 2. The van der Waals surface area contributed by atoms with Crippen molar-refractivity contribution in [1.82, 2.24) is 41.0 Å². The lowest BCUT2D eigenvalue weighted by atomic mass is 9.97. The average Bonchev–Trinajstić information content (AvgIpc) is 0.859. The first-order valence-electron chi connectivity index (χ1n) is 37.7. The van der Waals surface area contributed by atoms with E-state index < -0.39 is 0 Å². The Morgan fingerprint density at radius 3 is 0.559 bits per heavy atom. The van der Waals surface area contributed by atoms with Crippen LogP contribution in [-0.2, 0) is 84.8 Å². The summed E-state index contributed by atoms with van der Waals surface area (Å²) >= 11 is 0. The van der Waals surface area contributed by atoms with Gasteiger partial charge in [-0.05, 0) is 156 Å². The molecule has 1 fully saturated rings. The van der Waals surface area contributed by atoms with E-state index in [-0.39, 0.29) is 67.2 Å². The molecule has 1 aliphatic heterocycles. The number of carbonyl (C=O) groups excluding carboxylic acids is 15. The van der Waals surface area contributed by atoms with E-state index in [1.165, 1.54) is 113 Å². The van der Waals surface area contributed by atoms with Crippen molar-refractivity contribution in [3.8, 4) is 0 Å². The molecule has 34 N–H and O–H groups in total. The van der Waals surface area contributed by atoms with Gasteiger partial charge in [0, 0.05) is 32.7 Å². The van der Waals surface area contributed by atoms with E-state index in [4.69, 9.17) is 72.5 Å². The average molecular weight is 1730 g/mol. The maximum absolute atomic E-state index is 12.3. The third kappa shape index (κ3) is 533. The van der Waals surface area contributed by atoms with Gasteiger partial charge in [0.2, 0.25) is 11.8 Å². The number of aliphatic hydroxyl groups is 2. The van der Waals surface area contributed by atoms with E-state index in [1.807, 2.05) is 161 Å². The highest BCUT2D eigenvalue weighted by Gasteiger charge is 2.29. The SMILES string of the molecule is C=O.C=O.C=O.C=O.C=O.C=O.C=O.C=O.C=O.C=O.C=O.C=O.C=O.CC.CC.CC.CC(C)O.CCC(C)C.CCC(C)C.CCC(C)C.CCC(C)C.CCC(C)C.CCO.CC[C@H](C)[C@H](NC(C)=O)C(=O)N1CCCCC1.CCc1ccccc1.CCc1ccccc1.CN.CN.CN.CN.CN.CN.CN.CN.N.N.N.N.N. The molecule has 0 bridgehead atoms. The number of piperidine rings is 1. The van der Waals surface area contributed by atoms with Gasteiger partial charge in [-0.25, -0.2) is 0 Å². The van der Waals surface area contributed by atoms with Crippen molar-refractivity contribution in [3.05, 3.63) is 71.8 Å². The Labute approximate surface area is 732 Å². The first-order chi connectivity index (χ1) is 54.4. The molecular formula is C86H217N15O17. The predicted octanol–water partition coefficient (Wildman–Crippen LogP) is 14.8. The molecule has 32 nitrogen and oxygen atoms in total. The number of nitrogens with zero attached hydrogens (tertiary/aromatic N) is 1. The molecule has 0 unspecified atom stereocenters. The number of amides is 2. The van der Waals surface area contributed by atoms with Crippen molar-refractivity contribution in [2.75, 3.05) is 76.1 Å². The molecule has 2 atom stereocenters. The molecule has 3 rings (SSSR count). The van der Waals surface area contributed by atoms with E-state index in [9.17, 15) is 9.59 Å². The molecule has 1 heterocycles. The monoisotopic (exact) mass is 1730 g/mol. The summed E-state index contributed by atoms with van der Waals surface area (Å²) in [7, 11) is 12.0. The third-order valence-electron chi connectivity index (χ3n) is 10.1. The molecule has 32 heteroatoms. The van der Waals surface area contributed by atoms with Crippen molar-refractivity contribution in [1.29, 1.82) is 0 Å². The van der Waals surface area contributed by atoms with E-state index >= 15 is 0 Å². The summed E-state index contributed by atoms with van der Waals surface area (Å²) in [6.45, 7) is 88.1. The smallest absolute Gasteiger partial charge is 0.245 e. The standard InChI is InChI=1S/C13H24N2O2.2C8H10.5C5H12.C3H8O.C2H6O.3C2H6.8CH5N.13CH2O.5H3N/c1-4-10(2)12(14-11(3)16)13(17)15-8-6-5-7-9-15;2*1-2-8-6-4-3-5-7-8;5*1-4-5(2)3;1-3(2)4;1-2-3;24*1-2;;;;;/h10,12H,4-9H2,1-3H3,(H,14,16);2*3-7H,2H2,1H3;5*5H,4H2,1-3H3;3-4H,1-2H3;3H,2H2,1H3;3*1-2H3;8*2H2,1H3;13*1H2;5*1H3/t10-,12-;;;;;;;;;;;;;;;;;;;;;;;;;;;;;;;;;;;;;;/m0....................................../s1. The zero-order valence-electron chi connectivity index (χ0n) is 84.6. The van der Waals surface area contributed by atoms with Crippen molar-refractivity contribution < 1.29 is 82.1 Å². The number of nitrogens with two attached hydrogens (primary N) is 8. The number of nitrogens with one attached hydrogen (secondary N) is 1. The largest absolute Gasteiger partial charge is 0.397 e. The van der Waals surface area contributed by atoms with Gasteiger partial charge in [-0.2, -0.15) is 0 Å². The summed E-state index contributed by atoms with van der Waals surface area (Å²) in [6, 6.07) is 20.6. The molecule has 738 valence electrons. The number of aryl methyl sites for hydroxylation is 2. The normalized spacial score (nSPS) is 7.55. The van der Waals surface area contributed by atoms with Crippen LogP contribution in [0.3, 0.4) is 0 Å². The Kier molecular flexibility index (Phi) is 817. The molecule has 0 spiro atoms. The lowest BCUT2D eigenvalue weighted by molar-refractivity contribution is -0.138. The summed E-state index contributed by atoms with van der Waals surface area (Å²) in [5.74, 6) is 4.58. The number of hydrogen-bond donors (Lipinski definition) is 16. The van der Waals surface area contributed by atoms with Crippen LogP contribution in [0.1, 0.15) is 270 Å². The third-order valence-corrected chi connectivity index (χ3v) is 10.1. The number of hydrogen-bond acceptors (Lipinski definition) is 30. The van der Waals surface area contributed by atoms with Crippen molar-refractivity contribution >= 4 is 100 Å². The number of rotatable bonds is 11. The van der Waals surface area contributed by atoms with Crippen molar-refractivity contribution in [2.24, 2.45) is 81.4 Å². The van der Waals surface area contributed by atoms with E-state index in [0.29, 0.717) is 0 Å². The van der Waals surface area contributed by atoms with Crippen LogP contribution in [0.15, 0.2) is 60.7 Å². The molecule has 2 aromatic rings. The van der Waals surface area contributed by atoms with Crippen LogP contribution in [0.2, 0.25) is 0 Å². The summed E-state index contributed by atoms with van der Waals surface area (Å²) in [4.78, 5) is 129. The van der Waals surface area contributed by atoms with Gasteiger partial charge < -0.3 is 159 Å². The van der Waals surface area contributed by atoms with Gasteiger partial charge in [0.15, 0.2) is 0 Å². The molecular weight excluding hydrogens is 1520 g/mol. The maximum atomic E-state index is 12.3. The number of carbonyl (C=O) groups is 15. The maximum Gasteiger partial charge on any atom is 0.245 e. The van der Waals surface area contributed by atoms with Gasteiger partial charge in [0.05, 0.1) is 0 Å². The molecule has 0 aromatic heterocycles. The quantitative estimate of drug-likeness (QED) is 0.0993. The zero-order valence-corrected chi connectivity index (χ0v) is 84.6. The van der Waals surface area contributed by atoms with Gasteiger partial charge in [-0.3, -0.25) is 9.59 Å².